The molecule has 25 heavy (non-hydrogen) atoms. The van der Waals surface area contributed by atoms with Crippen LogP contribution in [0.2, 0.25) is 0 Å². The van der Waals surface area contributed by atoms with Crippen molar-refractivity contribution >= 4 is 37.5 Å². The summed E-state index contributed by atoms with van der Waals surface area (Å²) in [6.45, 7) is 4.13. The van der Waals surface area contributed by atoms with Crippen LogP contribution in [0.15, 0.2) is 57.9 Å². The Morgan fingerprint density at radius 1 is 1.00 bits per heavy atom. The van der Waals surface area contributed by atoms with E-state index in [4.69, 9.17) is 0 Å². The standard InChI is InChI=1S/C18H19BrN2O3S/c1-13-3-9-17(10-4-13)25(23,24)21-12-11-20(18(22)14(21)2)16-7-5-15(19)6-8-16/h3-10,14H,11-12H2,1-2H3/t14-/m0/s1. The van der Waals surface area contributed by atoms with Crippen molar-refractivity contribution in [1.82, 2.24) is 4.31 Å². The zero-order valence-corrected chi connectivity index (χ0v) is 16.4. The fourth-order valence-corrected chi connectivity index (χ4v) is 4.75. The van der Waals surface area contributed by atoms with E-state index in [1.54, 1.807) is 36.1 Å². The molecule has 1 atom stereocenters. The number of rotatable bonds is 3. The molecule has 1 amide bonds. The average molecular weight is 423 g/mol. The summed E-state index contributed by atoms with van der Waals surface area (Å²) >= 11 is 3.37. The molecule has 0 N–H and O–H groups in total. The van der Waals surface area contributed by atoms with Gasteiger partial charge >= 0.3 is 0 Å². The van der Waals surface area contributed by atoms with Crippen molar-refractivity contribution in [3.05, 3.63) is 58.6 Å². The first-order valence-electron chi connectivity index (χ1n) is 7.96. The zero-order chi connectivity index (χ0) is 18.2. The highest BCUT2D eigenvalue weighted by Gasteiger charge is 2.39. The first-order chi connectivity index (χ1) is 11.8. The Hall–Kier alpha value is -1.70. The predicted molar refractivity (Wildman–Crippen MR) is 101 cm³/mol. The van der Waals surface area contributed by atoms with E-state index in [1.807, 2.05) is 31.2 Å². The number of piperazine rings is 1. The number of carbonyl (C=O) groups is 1. The van der Waals surface area contributed by atoms with Crippen LogP contribution in [0.5, 0.6) is 0 Å². The fraction of sp³-hybridized carbons (Fsp3) is 0.278. The molecule has 2 aromatic carbocycles. The summed E-state index contributed by atoms with van der Waals surface area (Å²) in [6.07, 6.45) is 0. The van der Waals surface area contributed by atoms with E-state index >= 15 is 0 Å². The van der Waals surface area contributed by atoms with Gasteiger partial charge in [-0.25, -0.2) is 8.42 Å². The minimum Gasteiger partial charge on any atom is -0.310 e. The van der Waals surface area contributed by atoms with E-state index in [-0.39, 0.29) is 17.3 Å². The van der Waals surface area contributed by atoms with Gasteiger partial charge in [-0.2, -0.15) is 4.31 Å². The van der Waals surface area contributed by atoms with Gasteiger partial charge in [-0.1, -0.05) is 33.6 Å². The summed E-state index contributed by atoms with van der Waals surface area (Å²) in [6, 6.07) is 13.4. The van der Waals surface area contributed by atoms with Gasteiger partial charge in [0.1, 0.15) is 6.04 Å². The van der Waals surface area contributed by atoms with Gasteiger partial charge in [-0.05, 0) is 50.2 Å². The third kappa shape index (κ3) is 3.49. The van der Waals surface area contributed by atoms with Crippen LogP contribution in [-0.2, 0) is 14.8 Å². The van der Waals surface area contributed by atoms with Crippen LogP contribution < -0.4 is 4.90 Å². The molecule has 1 fully saturated rings. The Labute approximate surface area is 156 Å². The van der Waals surface area contributed by atoms with Gasteiger partial charge in [0.15, 0.2) is 0 Å². The van der Waals surface area contributed by atoms with E-state index < -0.39 is 16.1 Å². The third-order valence-corrected chi connectivity index (χ3v) is 6.88. The van der Waals surface area contributed by atoms with Crippen LogP contribution in [0.4, 0.5) is 5.69 Å². The molecule has 1 heterocycles. The molecule has 132 valence electrons. The monoisotopic (exact) mass is 422 g/mol. The molecular weight excluding hydrogens is 404 g/mol. The van der Waals surface area contributed by atoms with E-state index in [0.717, 1.165) is 15.7 Å². The smallest absolute Gasteiger partial charge is 0.245 e. The second-order valence-electron chi connectivity index (χ2n) is 6.07. The Morgan fingerprint density at radius 2 is 1.60 bits per heavy atom. The minimum absolute atomic E-state index is 0.217. The summed E-state index contributed by atoms with van der Waals surface area (Å²) in [5, 5.41) is 0. The van der Waals surface area contributed by atoms with Crippen molar-refractivity contribution in [2.24, 2.45) is 0 Å². The van der Waals surface area contributed by atoms with Crippen molar-refractivity contribution in [1.29, 1.82) is 0 Å². The van der Waals surface area contributed by atoms with Crippen LogP contribution in [-0.4, -0.2) is 37.8 Å². The Morgan fingerprint density at radius 3 is 2.20 bits per heavy atom. The lowest BCUT2D eigenvalue weighted by Crippen LogP contribution is -2.57. The number of anilines is 1. The summed E-state index contributed by atoms with van der Waals surface area (Å²) in [5.74, 6) is -0.218. The molecule has 5 nitrogen and oxygen atoms in total. The normalized spacial score (nSPS) is 19.2. The lowest BCUT2D eigenvalue weighted by molar-refractivity contribution is -0.123. The summed E-state index contributed by atoms with van der Waals surface area (Å²) in [5.41, 5.74) is 1.76. The second-order valence-corrected chi connectivity index (χ2v) is 8.88. The molecule has 0 saturated carbocycles. The maximum atomic E-state index is 12.9. The number of halogens is 1. The quantitative estimate of drug-likeness (QED) is 0.762. The summed E-state index contributed by atoms with van der Waals surface area (Å²) < 4.78 is 28.0. The summed E-state index contributed by atoms with van der Waals surface area (Å²) in [4.78, 5) is 14.6. The molecule has 2 aromatic rings. The topological polar surface area (TPSA) is 57.7 Å². The molecule has 1 saturated heterocycles. The average Bonchev–Trinajstić information content (AvgIpc) is 2.58. The molecule has 3 rings (SSSR count). The SMILES string of the molecule is Cc1ccc(S(=O)(=O)N2CCN(c3ccc(Br)cc3)C(=O)[C@@H]2C)cc1. The molecular formula is C18H19BrN2O3S. The van der Waals surface area contributed by atoms with E-state index in [2.05, 4.69) is 15.9 Å². The zero-order valence-electron chi connectivity index (χ0n) is 14.0. The number of benzene rings is 2. The molecule has 0 aromatic heterocycles. The number of nitrogens with zero attached hydrogens (tertiary/aromatic N) is 2. The minimum atomic E-state index is -3.69. The van der Waals surface area contributed by atoms with Gasteiger partial charge in [0.2, 0.25) is 15.9 Å². The highest BCUT2D eigenvalue weighted by atomic mass is 79.9. The van der Waals surface area contributed by atoms with E-state index in [9.17, 15) is 13.2 Å². The highest BCUT2D eigenvalue weighted by molar-refractivity contribution is 9.10. The largest absolute Gasteiger partial charge is 0.310 e. The van der Waals surface area contributed by atoms with Crippen molar-refractivity contribution < 1.29 is 13.2 Å². The number of amides is 1. The highest BCUT2D eigenvalue weighted by Crippen LogP contribution is 2.26. The van der Waals surface area contributed by atoms with Gasteiger partial charge < -0.3 is 4.90 Å². The van der Waals surface area contributed by atoms with Gasteiger partial charge in [0.25, 0.3) is 0 Å². The van der Waals surface area contributed by atoms with Crippen LogP contribution in [0.3, 0.4) is 0 Å². The van der Waals surface area contributed by atoms with Crippen LogP contribution >= 0.6 is 15.9 Å². The van der Waals surface area contributed by atoms with Crippen molar-refractivity contribution in [2.75, 3.05) is 18.0 Å². The number of carbonyl (C=O) groups excluding carboxylic acids is 1. The van der Waals surface area contributed by atoms with Gasteiger partial charge in [0, 0.05) is 23.2 Å². The molecule has 0 bridgehead atoms. The maximum Gasteiger partial charge on any atom is 0.245 e. The fourth-order valence-electron chi connectivity index (χ4n) is 2.90. The van der Waals surface area contributed by atoms with Crippen molar-refractivity contribution in [3.63, 3.8) is 0 Å². The predicted octanol–water partition coefficient (Wildman–Crippen LogP) is 3.18. The summed E-state index contributed by atoms with van der Waals surface area (Å²) in [7, 11) is -3.69. The molecule has 0 spiro atoms. The number of hydrogen-bond acceptors (Lipinski definition) is 3. The number of hydrogen-bond donors (Lipinski definition) is 0. The first kappa shape index (κ1) is 18.1. The Bertz CT molecular complexity index is 880. The van der Waals surface area contributed by atoms with Crippen LogP contribution in [0.1, 0.15) is 12.5 Å². The first-order valence-corrected chi connectivity index (χ1v) is 10.2. The number of sulfonamides is 1. The molecule has 0 aliphatic carbocycles. The van der Waals surface area contributed by atoms with E-state index in [1.165, 1.54) is 4.31 Å². The molecule has 1 aliphatic rings. The Kier molecular flexibility index (Phi) is 4.99. The Balaban J connectivity index is 1.86. The molecule has 0 unspecified atom stereocenters. The van der Waals surface area contributed by atoms with Crippen LogP contribution in [0, 0.1) is 6.92 Å². The van der Waals surface area contributed by atoms with E-state index in [0.29, 0.717) is 6.54 Å². The van der Waals surface area contributed by atoms with Crippen molar-refractivity contribution in [2.45, 2.75) is 24.8 Å². The van der Waals surface area contributed by atoms with Crippen molar-refractivity contribution in [3.8, 4) is 0 Å². The maximum absolute atomic E-state index is 12.9. The number of aryl methyl sites for hydroxylation is 1. The second kappa shape index (κ2) is 6.90. The van der Waals surface area contributed by atoms with Gasteiger partial charge in [0.05, 0.1) is 4.90 Å². The van der Waals surface area contributed by atoms with Gasteiger partial charge in [-0.15, -0.1) is 0 Å². The lowest BCUT2D eigenvalue weighted by Gasteiger charge is -2.38. The molecule has 0 radical (unpaired) electrons. The van der Waals surface area contributed by atoms with Crippen LogP contribution in [0.25, 0.3) is 0 Å². The van der Waals surface area contributed by atoms with Gasteiger partial charge in [-0.3, -0.25) is 4.79 Å². The molecule has 1 aliphatic heterocycles. The third-order valence-electron chi connectivity index (χ3n) is 4.37. The lowest BCUT2D eigenvalue weighted by atomic mass is 10.2. The molecule has 7 heteroatoms.